The molecule has 4 N–H and O–H groups in total. The van der Waals surface area contributed by atoms with Crippen LogP contribution in [0.5, 0.6) is 0 Å². The van der Waals surface area contributed by atoms with Crippen molar-refractivity contribution < 1.29 is 5.11 Å². The van der Waals surface area contributed by atoms with Gasteiger partial charge in [0.2, 0.25) is 0 Å². The van der Waals surface area contributed by atoms with Crippen molar-refractivity contribution in [2.45, 2.75) is 25.8 Å². The van der Waals surface area contributed by atoms with E-state index >= 15 is 0 Å². The number of nitrogens with zero attached hydrogens (tertiary/aromatic N) is 1. The summed E-state index contributed by atoms with van der Waals surface area (Å²) in [5.74, 6) is 0. The fraction of sp³-hybridized carbons (Fsp3) is 0.357. The molecule has 18 heavy (non-hydrogen) atoms. The van der Waals surface area contributed by atoms with Gasteiger partial charge in [-0.15, -0.1) is 0 Å². The Hall–Kier alpha value is -1.81. The first-order chi connectivity index (χ1) is 8.76. The average molecular weight is 245 g/mol. The van der Waals surface area contributed by atoms with E-state index in [4.69, 9.17) is 10.8 Å². The summed E-state index contributed by atoms with van der Waals surface area (Å²) in [7, 11) is 0. The zero-order chi connectivity index (χ0) is 13.0. The number of rotatable bonds is 5. The molecule has 4 heteroatoms. The minimum Gasteiger partial charge on any atom is -0.397 e. The highest BCUT2D eigenvalue weighted by Crippen LogP contribution is 2.28. The van der Waals surface area contributed by atoms with Crippen molar-refractivity contribution in [3.63, 3.8) is 0 Å². The number of pyridine rings is 1. The number of fused-ring (bicyclic) bond motifs is 1. The predicted octanol–water partition coefficient (Wildman–Crippen LogP) is 2.39. The van der Waals surface area contributed by atoms with E-state index in [1.165, 1.54) is 0 Å². The van der Waals surface area contributed by atoms with Gasteiger partial charge in [-0.3, -0.25) is 4.98 Å². The summed E-state index contributed by atoms with van der Waals surface area (Å²) < 4.78 is 0. The Balaban J connectivity index is 2.31. The summed E-state index contributed by atoms with van der Waals surface area (Å²) in [6.07, 6.45) is 5.23. The Morgan fingerprint density at radius 3 is 2.94 bits per heavy atom. The maximum Gasteiger partial charge on any atom is 0.0630 e. The molecule has 1 aromatic heterocycles. The number of nitrogens with one attached hydrogen (secondary N) is 1. The highest BCUT2D eigenvalue weighted by atomic mass is 16.3. The van der Waals surface area contributed by atoms with E-state index in [0.717, 1.165) is 35.0 Å². The number of nitrogen functional groups attached to an aromatic ring is 1. The molecular weight excluding hydrogens is 226 g/mol. The Labute approximate surface area is 107 Å². The summed E-state index contributed by atoms with van der Waals surface area (Å²) in [6, 6.07) is 6.14. The highest BCUT2D eigenvalue weighted by Gasteiger charge is 2.09. The summed E-state index contributed by atoms with van der Waals surface area (Å²) >= 11 is 0. The van der Waals surface area contributed by atoms with Gasteiger partial charge in [0, 0.05) is 35.8 Å². The lowest BCUT2D eigenvalue weighted by Crippen LogP contribution is -2.20. The van der Waals surface area contributed by atoms with Gasteiger partial charge in [0.25, 0.3) is 0 Å². The lowest BCUT2D eigenvalue weighted by Gasteiger charge is -2.19. The zero-order valence-corrected chi connectivity index (χ0v) is 10.6. The van der Waals surface area contributed by atoms with E-state index in [1.807, 2.05) is 18.2 Å². The number of anilines is 2. The first-order valence-electron chi connectivity index (χ1n) is 6.25. The fourth-order valence-electron chi connectivity index (χ4n) is 2.07. The largest absolute Gasteiger partial charge is 0.397 e. The van der Waals surface area contributed by atoms with Crippen molar-refractivity contribution in [2.75, 3.05) is 17.7 Å². The van der Waals surface area contributed by atoms with Crippen molar-refractivity contribution in [3.8, 4) is 0 Å². The van der Waals surface area contributed by atoms with Crippen molar-refractivity contribution in [3.05, 3.63) is 30.6 Å². The van der Waals surface area contributed by atoms with Crippen LogP contribution in [0, 0.1) is 0 Å². The van der Waals surface area contributed by atoms with Crippen LogP contribution < -0.4 is 11.1 Å². The van der Waals surface area contributed by atoms with Gasteiger partial charge in [-0.25, -0.2) is 0 Å². The van der Waals surface area contributed by atoms with E-state index in [9.17, 15) is 0 Å². The molecule has 96 valence electrons. The third-order valence-corrected chi connectivity index (χ3v) is 3.19. The third-order valence-electron chi connectivity index (χ3n) is 3.19. The predicted molar refractivity (Wildman–Crippen MR) is 75.6 cm³/mol. The lowest BCUT2D eigenvalue weighted by atomic mass is 10.1. The second kappa shape index (κ2) is 5.69. The zero-order valence-electron chi connectivity index (χ0n) is 10.6. The van der Waals surface area contributed by atoms with Crippen molar-refractivity contribution in [1.29, 1.82) is 0 Å². The van der Waals surface area contributed by atoms with Gasteiger partial charge in [-0.1, -0.05) is 13.0 Å². The molecule has 0 bridgehead atoms. The molecule has 0 spiro atoms. The van der Waals surface area contributed by atoms with Gasteiger partial charge in [0.05, 0.1) is 11.4 Å². The van der Waals surface area contributed by atoms with E-state index < -0.39 is 0 Å². The number of aliphatic hydroxyl groups excluding tert-OH is 1. The van der Waals surface area contributed by atoms with Crippen molar-refractivity contribution >= 4 is 22.1 Å². The van der Waals surface area contributed by atoms with Gasteiger partial charge in [0.15, 0.2) is 0 Å². The summed E-state index contributed by atoms with van der Waals surface area (Å²) in [5.41, 5.74) is 7.83. The minimum atomic E-state index is 0.183. The maximum absolute atomic E-state index is 9.01. The van der Waals surface area contributed by atoms with Gasteiger partial charge >= 0.3 is 0 Å². The summed E-state index contributed by atoms with van der Waals surface area (Å²) in [5, 5.41) is 14.4. The maximum atomic E-state index is 9.01. The lowest BCUT2D eigenvalue weighted by molar-refractivity contribution is 0.278. The molecule has 1 atom stereocenters. The standard InChI is InChI=1S/C14H19N3O/c1-2-11(6-8-18)17-13-4-3-10-9-16-7-5-12(10)14(13)15/h3-5,7,9,11,17-18H,2,6,8,15H2,1H3. The molecule has 0 radical (unpaired) electrons. The Morgan fingerprint density at radius 2 is 2.22 bits per heavy atom. The monoisotopic (exact) mass is 245 g/mol. The first-order valence-corrected chi connectivity index (χ1v) is 6.25. The van der Waals surface area contributed by atoms with Crippen LogP contribution in [0.4, 0.5) is 11.4 Å². The van der Waals surface area contributed by atoms with Gasteiger partial charge in [-0.2, -0.15) is 0 Å². The number of benzene rings is 1. The van der Waals surface area contributed by atoms with Crippen LogP contribution in [-0.2, 0) is 0 Å². The fourth-order valence-corrected chi connectivity index (χ4v) is 2.07. The summed E-state index contributed by atoms with van der Waals surface area (Å²) in [6.45, 7) is 2.28. The molecule has 0 fully saturated rings. The van der Waals surface area contributed by atoms with Crippen LogP contribution in [0.3, 0.4) is 0 Å². The van der Waals surface area contributed by atoms with Crippen LogP contribution in [0.15, 0.2) is 30.6 Å². The average Bonchev–Trinajstić information content (AvgIpc) is 2.41. The topological polar surface area (TPSA) is 71.2 Å². The molecule has 0 aliphatic carbocycles. The van der Waals surface area contributed by atoms with E-state index in [1.54, 1.807) is 12.4 Å². The SMILES string of the molecule is CCC(CCO)Nc1ccc2cnccc2c1N. The highest BCUT2D eigenvalue weighted by molar-refractivity contribution is 5.98. The number of nitrogens with two attached hydrogens (primary N) is 1. The molecular formula is C14H19N3O. The van der Waals surface area contributed by atoms with E-state index in [2.05, 4.69) is 17.2 Å². The molecule has 2 aromatic rings. The van der Waals surface area contributed by atoms with Crippen LogP contribution in [0.2, 0.25) is 0 Å². The molecule has 4 nitrogen and oxygen atoms in total. The molecule has 1 aromatic carbocycles. The molecule has 0 saturated carbocycles. The van der Waals surface area contributed by atoms with Crippen LogP contribution >= 0.6 is 0 Å². The van der Waals surface area contributed by atoms with Crippen LogP contribution in [-0.4, -0.2) is 22.7 Å². The summed E-state index contributed by atoms with van der Waals surface area (Å²) in [4.78, 5) is 4.08. The number of hydrogen-bond acceptors (Lipinski definition) is 4. The van der Waals surface area contributed by atoms with Crippen molar-refractivity contribution in [2.24, 2.45) is 0 Å². The van der Waals surface area contributed by atoms with Gasteiger partial charge in [-0.05, 0) is 25.0 Å². The molecule has 1 unspecified atom stereocenters. The number of hydrogen-bond donors (Lipinski definition) is 3. The molecule has 0 saturated heterocycles. The Bertz CT molecular complexity index is 527. The van der Waals surface area contributed by atoms with Crippen LogP contribution in [0.1, 0.15) is 19.8 Å². The van der Waals surface area contributed by atoms with E-state index in [0.29, 0.717) is 0 Å². The molecule has 0 aliphatic rings. The van der Waals surface area contributed by atoms with Crippen LogP contribution in [0.25, 0.3) is 10.8 Å². The number of aliphatic hydroxyl groups is 1. The molecule has 0 amide bonds. The normalized spacial score (nSPS) is 12.6. The van der Waals surface area contributed by atoms with Gasteiger partial charge in [0.1, 0.15) is 0 Å². The number of aromatic nitrogens is 1. The molecule has 1 heterocycles. The Kier molecular flexibility index (Phi) is 3.99. The van der Waals surface area contributed by atoms with Gasteiger partial charge < -0.3 is 16.2 Å². The second-order valence-electron chi connectivity index (χ2n) is 4.39. The first kappa shape index (κ1) is 12.6. The smallest absolute Gasteiger partial charge is 0.0630 e. The van der Waals surface area contributed by atoms with Crippen molar-refractivity contribution in [1.82, 2.24) is 4.98 Å². The van der Waals surface area contributed by atoms with E-state index in [-0.39, 0.29) is 12.6 Å². The molecule has 0 aliphatic heterocycles. The Morgan fingerprint density at radius 1 is 1.39 bits per heavy atom. The second-order valence-corrected chi connectivity index (χ2v) is 4.39. The third kappa shape index (κ3) is 2.54. The quantitative estimate of drug-likeness (QED) is 0.707. The molecule has 2 rings (SSSR count). The minimum absolute atomic E-state index is 0.183.